The van der Waals surface area contributed by atoms with E-state index in [4.69, 9.17) is 9.47 Å². The summed E-state index contributed by atoms with van der Waals surface area (Å²) in [5.74, 6) is 0.939. The van der Waals surface area contributed by atoms with Crippen LogP contribution in [0.4, 0.5) is 0 Å². The Labute approximate surface area is 155 Å². The molecular formula is C19H27ClN2O3. The normalized spacial score (nSPS) is 28.3. The van der Waals surface area contributed by atoms with Crippen molar-refractivity contribution < 1.29 is 14.3 Å². The first-order chi connectivity index (χ1) is 11.8. The van der Waals surface area contributed by atoms with Crippen molar-refractivity contribution in [1.29, 1.82) is 0 Å². The Morgan fingerprint density at radius 2 is 1.96 bits per heavy atom. The molecule has 138 valence electrons. The zero-order chi connectivity index (χ0) is 16.4. The Hall–Kier alpha value is -1.30. The molecule has 3 aliphatic heterocycles. The molecule has 1 aromatic carbocycles. The van der Waals surface area contributed by atoms with Gasteiger partial charge in [-0.1, -0.05) is 0 Å². The summed E-state index contributed by atoms with van der Waals surface area (Å²) in [6.07, 6.45) is 5.90. The van der Waals surface area contributed by atoms with Crippen LogP contribution in [-0.2, 0) is 4.74 Å². The number of halogens is 1. The van der Waals surface area contributed by atoms with E-state index in [1.165, 1.54) is 12.8 Å². The molecule has 0 aliphatic carbocycles. The molecule has 2 bridgehead atoms. The standard InChI is InChI=1S/C19H26N2O3.ClH/c22-19(21-10-9-15-5-6-16(12-21)20-15)14-3-7-17(8-4-14)24-13-18-2-1-11-23-18;/h3-4,7-8,15-16,18,20H,1-2,5-6,9-13H2;1H. The molecule has 0 spiro atoms. The van der Waals surface area contributed by atoms with Crippen molar-refractivity contribution in [3.63, 3.8) is 0 Å². The third-order valence-electron chi connectivity index (χ3n) is 5.37. The fraction of sp³-hybridized carbons (Fsp3) is 0.632. The summed E-state index contributed by atoms with van der Waals surface area (Å²) in [6, 6.07) is 8.61. The van der Waals surface area contributed by atoms with E-state index in [1.54, 1.807) is 0 Å². The molecule has 25 heavy (non-hydrogen) atoms. The van der Waals surface area contributed by atoms with E-state index in [2.05, 4.69) is 5.32 Å². The Bertz CT molecular complexity index is 575. The molecule has 0 radical (unpaired) electrons. The average molecular weight is 367 g/mol. The zero-order valence-electron chi connectivity index (χ0n) is 14.5. The predicted octanol–water partition coefficient (Wildman–Crippen LogP) is 2.63. The molecule has 0 saturated carbocycles. The summed E-state index contributed by atoms with van der Waals surface area (Å²) >= 11 is 0. The van der Waals surface area contributed by atoms with Gasteiger partial charge in [-0.15, -0.1) is 12.4 Å². The van der Waals surface area contributed by atoms with Crippen molar-refractivity contribution in [2.75, 3.05) is 26.3 Å². The summed E-state index contributed by atoms with van der Waals surface area (Å²) in [6.45, 7) is 3.11. The second-order valence-electron chi connectivity index (χ2n) is 7.15. The highest BCUT2D eigenvalue weighted by atomic mass is 35.5. The lowest BCUT2D eigenvalue weighted by Crippen LogP contribution is -2.39. The molecule has 3 atom stereocenters. The third kappa shape index (κ3) is 4.46. The van der Waals surface area contributed by atoms with Crippen LogP contribution in [0.3, 0.4) is 0 Å². The minimum Gasteiger partial charge on any atom is -0.491 e. The molecule has 1 aromatic rings. The number of carbonyl (C=O) groups is 1. The minimum absolute atomic E-state index is 0. The van der Waals surface area contributed by atoms with E-state index in [0.717, 1.165) is 50.3 Å². The quantitative estimate of drug-likeness (QED) is 0.890. The van der Waals surface area contributed by atoms with Gasteiger partial charge < -0.3 is 19.7 Å². The van der Waals surface area contributed by atoms with Crippen molar-refractivity contribution >= 4 is 18.3 Å². The van der Waals surface area contributed by atoms with Gasteiger partial charge >= 0.3 is 0 Å². The maximum Gasteiger partial charge on any atom is 0.253 e. The summed E-state index contributed by atoms with van der Waals surface area (Å²) in [4.78, 5) is 14.7. The molecule has 1 amide bonds. The van der Waals surface area contributed by atoms with Gasteiger partial charge in [0.15, 0.2) is 0 Å². The molecule has 5 nitrogen and oxygen atoms in total. The van der Waals surface area contributed by atoms with Crippen LogP contribution in [0.25, 0.3) is 0 Å². The number of amides is 1. The minimum atomic E-state index is 0. The number of nitrogens with zero attached hydrogens (tertiary/aromatic N) is 1. The van der Waals surface area contributed by atoms with Gasteiger partial charge in [0.05, 0.1) is 6.10 Å². The van der Waals surface area contributed by atoms with Crippen LogP contribution in [0.1, 0.15) is 42.5 Å². The molecule has 3 aliphatic rings. The van der Waals surface area contributed by atoms with Crippen molar-refractivity contribution in [3.8, 4) is 5.75 Å². The number of hydrogen-bond acceptors (Lipinski definition) is 4. The first kappa shape index (κ1) is 18.5. The maximum atomic E-state index is 12.7. The fourth-order valence-electron chi connectivity index (χ4n) is 3.97. The first-order valence-electron chi connectivity index (χ1n) is 9.18. The highest BCUT2D eigenvalue weighted by Gasteiger charge is 2.31. The van der Waals surface area contributed by atoms with E-state index in [0.29, 0.717) is 18.7 Å². The topological polar surface area (TPSA) is 50.8 Å². The Morgan fingerprint density at radius 1 is 1.16 bits per heavy atom. The average Bonchev–Trinajstić information content (AvgIpc) is 3.22. The lowest BCUT2D eigenvalue weighted by atomic mass is 10.1. The van der Waals surface area contributed by atoms with Gasteiger partial charge in [0.25, 0.3) is 5.91 Å². The van der Waals surface area contributed by atoms with Crippen molar-refractivity contribution in [3.05, 3.63) is 29.8 Å². The molecular weight excluding hydrogens is 340 g/mol. The molecule has 3 fully saturated rings. The molecule has 0 aromatic heterocycles. The number of rotatable bonds is 4. The summed E-state index contributed by atoms with van der Waals surface area (Å²) in [5, 5.41) is 3.62. The lowest BCUT2D eigenvalue weighted by Gasteiger charge is -2.24. The monoisotopic (exact) mass is 366 g/mol. The van der Waals surface area contributed by atoms with Gasteiger partial charge in [-0.3, -0.25) is 4.79 Å². The maximum absolute atomic E-state index is 12.7. The van der Waals surface area contributed by atoms with Crippen molar-refractivity contribution in [1.82, 2.24) is 10.2 Å². The molecule has 3 saturated heterocycles. The number of likely N-dealkylation sites (tertiary alicyclic amines) is 1. The van der Waals surface area contributed by atoms with Crippen LogP contribution in [0.2, 0.25) is 0 Å². The van der Waals surface area contributed by atoms with E-state index in [1.807, 2.05) is 29.2 Å². The van der Waals surface area contributed by atoms with E-state index < -0.39 is 0 Å². The molecule has 3 unspecified atom stereocenters. The second kappa shape index (κ2) is 8.39. The molecule has 1 N–H and O–H groups in total. The van der Waals surface area contributed by atoms with E-state index in [-0.39, 0.29) is 24.4 Å². The number of benzene rings is 1. The number of carbonyl (C=O) groups excluding carboxylic acids is 1. The van der Waals surface area contributed by atoms with Gasteiger partial charge in [-0.2, -0.15) is 0 Å². The first-order valence-corrected chi connectivity index (χ1v) is 9.18. The summed E-state index contributed by atoms with van der Waals surface area (Å²) in [5.41, 5.74) is 0.747. The number of nitrogens with one attached hydrogen (secondary N) is 1. The number of fused-ring (bicyclic) bond motifs is 2. The van der Waals surface area contributed by atoms with Crippen LogP contribution in [0, 0.1) is 0 Å². The van der Waals surface area contributed by atoms with Crippen LogP contribution in [0.15, 0.2) is 24.3 Å². The number of ether oxygens (including phenoxy) is 2. The van der Waals surface area contributed by atoms with Crippen LogP contribution < -0.4 is 10.1 Å². The van der Waals surface area contributed by atoms with Gasteiger partial charge in [-0.05, 0) is 56.4 Å². The molecule has 3 heterocycles. The molecule has 4 rings (SSSR count). The fourth-order valence-corrected chi connectivity index (χ4v) is 3.97. The predicted molar refractivity (Wildman–Crippen MR) is 98.6 cm³/mol. The summed E-state index contributed by atoms with van der Waals surface area (Å²) < 4.78 is 11.3. The van der Waals surface area contributed by atoms with Gasteiger partial charge in [0.1, 0.15) is 12.4 Å². The Kier molecular flexibility index (Phi) is 6.20. The Balaban J connectivity index is 0.00000182. The van der Waals surface area contributed by atoms with E-state index >= 15 is 0 Å². The lowest BCUT2D eigenvalue weighted by molar-refractivity contribution is 0.0678. The van der Waals surface area contributed by atoms with Crippen molar-refractivity contribution in [2.24, 2.45) is 0 Å². The second-order valence-corrected chi connectivity index (χ2v) is 7.15. The molecule has 6 heteroatoms. The SMILES string of the molecule is Cl.O=C(c1ccc(OCC2CCCO2)cc1)N1CCC2CCC(C1)N2. The van der Waals surface area contributed by atoms with Crippen LogP contribution in [0.5, 0.6) is 5.75 Å². The highest BCUT2D eigenvalue weighted by molar-refractivity contribution is 5.94. The van der Waals surface area contributed by atoms with Crippen molar-refractivity contribution in [2.45, 2.75) is 50.3 Å². The number of hydrogen-bond donors (Lipinski definition) is 1. The van der Waals surface area contributed by atoms with Gasteiger partial charge in [0.2, 0.25) is 0 Å². The summed E-state index contributed by atoms with van der Waals surface area (Å²) in [7, 11) is 0. The Morgan fingerprint density at radius 3 is 2.72 bits per heavy atom. The highest BCUT2D eigenvalue weighted by Crippen LogP contribution is 2.22. The largest absolute Gasteiger partial charge is 0.491 e. The van der Waals surface area contributed by atoms with Crippen LogP contribution >= 0.6 is 12.4 Å². The zero-order valence-corrected chi connectivity index (χ0v) is 15.3. The van der Waals surface area contributed by atoms with Gasteiger partial charge in [-0.25, -0.2) is 0 Å². The third-order valence-corrected chi connectivity index (χ3v) is 5.37. The van der Waals surface area contributed by atoms with Crippen LogP contribution in [-0.4, -0.2) is 55.3 Å². The van der Waals surface area contributed by atoms with E-state index in [9.17, 15) is 4.79 Å². The van der Waals surface area contributed by atoms with Gasteiger partial charge in [0, 0.05) is 37.3 Å². The smallest absolute Gasteiger partial charge is 0.253 e.